The Morgan fingerprint density at radius 2 is 1.84 bits per heavy atom. The minimum Gasteiger partial charge on any atom is -0.343 e. The summed E-state index contributed by atoms with van der Waals surface area (Å²) >= 11 is 1.28. The molecule has 1 aromatic carbocycles. The van der Waals surface area contributed by atoms with Crippen molar-refractivity contribution in [2.45, 2.75) is 57.5 Å². The molecule has 1 N–H and O–H groups in total. The summed E-state index contributed by atoms with van der Waals surface area (Å²) in [6.07, 6.45) is -1.92. The topological polar surface area (TPSA) is 105 Å². The Bertz CT molecular complexity index is 1370. The van der Waals surface area contributed by atoms with Crippen molar-refractivity contribution in [3.63, 3.8) is 0 Å². The van der Waals surface area contributed by atoms with Crippen LogP contribution in [0.5, 0.6) is 0 Å². The van der Waals surface area contributed by atoms with Gasteiger partial charge in [0.1, 0.15) is 10.7 Å². The van der Waals surface area contributed by atoms with Gasteiger partial charge < -0.3 is 5.32 Å². The number of carbonyl (C=O) groups excluding carboxylic acids is 1. The molecule has 0 saturated carbocycles. The molecule has 3 aromatic rings. The fourth-order valence-electron chi connectivity index (χ4n) is 4.18. The van der Waals surface area contributed by atoms with Gasteiger partial charge in [0.15, 0.2) is 14.8 Å². The summed E-state index contributed by atoms with van der Waals surface area (Å²) in [5.41, 5.74) is 0.897. The first-order valence-corrected chi connectivity index (χ1v) is 14.1. The summed E-state index contributed by atoms with van der Waals surface area (Å²) in [5.74, 6) is 0.000616. The molecule has 198 valence electrons. The zero-order valence-electron chi connectivity index (χ0n) is 20.4. The van der Waals surface area contributed by atoms with E-state index in [1.54, 1.807) is 0 Å². The highest BCUT2D eigenvalue weighted by atomic mass is 32.2. The summed E-state index contributed by atoms with van der Waals surface area (Å²) in [6.45, 7) is 6.64. The molecule has 2 aromatic heterocycles. The van der Waals surface area contributed by atoms with Gasteiger partial charge in [0.05, 0.1) is 29.6 Å². The lowest BCUT2D eigenvalue weighted by Gasteiger charge is -2.27. The van der Waals surface area contributed by atoms with Crippen LogP contribution in [0.3, 0.4) is 0 Å². The lowest BCUT2D eigenvalue weighted by Crippen LogP contribution is -2.27. The molecule has 1 amide bonds. The third kappa shape index (κ3) is 5.99. The molecule has 8 nitrogen and oxygen atoms in total. The number of fused-ring (bicyclic) bond motifs is 1. The number of hydrogen-bond donors (Lipinski definition) is 1. The molecule has 0 radical (unpaired) electrons. The number of halogens is 3. The van der Waals surface area contributed by atoms with E-state index in [-0.39, 0.29) is 40.9 Å². The number of amides is 1. The number of nitrogens with zero attached hydrogens (tertiary/aromatic N) is 4. The van der Waals surface area contributed by atoms with Crippen LogP contribution in [0.1, 0.15) is 64.1 Å². The van der Waals surface area contributed by atoms with Crippen LogP contribution in [0, 0.1) is 5.92 Å². The van der Waals surface area contributed by atoms with Crippen LogP contribution in [0.25, 0.3) is 0 Å². The highest BCUT2D eigenvalue weighted by Crippen LogP contribution is 2.42. The maximum Gasteiger partial charge on any atom is 0.416 e. The summed E-state index contributed by atoms with van der Waals surface area (Å²) in [4.78, 5) is 28.5. The predicted octanol–water partition coefficient (Wildman–Crippen LogP) is 4.39. The van der Waals surface area contributed by atoms with Crippen molar-refractivity contribution < 1.29 is 26.4 Å². The average molecular weight is 554 g/mol. The molecule has 1 aliphatic rings. The third-order valence-electron chi connectivity index (χ3n) is 6.07. The minimum atomic E-state index is -4.37. The van der Waals surface area contributed by atoms with Crippen molar-refractivity contribution in [2.24, 2.45) is 5.92 Å². The van der Waals surface area contributed by atoms with Crippen LogP contribution in [0.15, 0.2) is 41.6 Å². The lowest BCUT2D eigenvalue weighted by atomic mass is 10.0. The van der Waals surface area contributed by atoms with Crippen LogP contribution in [-0.4, -0.2) is 39.9 Å². The number of thiazole rings is 1. The highest BCUT2D eigenvalue weighted by Gasteiger charge is 2.37. The van der Waals surface area contributed by atoms with Gasteiger partial charge in [-0.25, -0.2) is 23.4 Å². The van der Waals surface area contributed by atoms with E-state index in [9.17, 15) is 26.4 Å². The number of sulfone groups is 1. The van der Waals surface area contributed by atoms with Crippen molar-refractivity contribution in [3.8, 4) is 0 Å². The summed E-state index contributed by atoms with van der Waals surface area (Å²) < 4.78 is 62.4. The van der Waals surface area contributed by atoms with E-state index in [1.807, 2.05) is 13.8 Å². The number of aromatic nitrogens is 3. The molecule has 3 heterocycles. The first kappa shape index (κ1) is 27.1. The van der Waals surface area contributed by atoms with Gasteiger partial charge >= 0.3 is 6.18 Å². The quantitative estimate of drug-likeness (QED) is 0.441. The summed E-state index contributed by atoms with van der Waals surface area (Å²) in [6, 6.07) is 5.08. The Labute approximate surface area is 216 Å². The number of carbonyl (C=O) groups is 1. The van der Waals surface area contributed by atoms with Gasteiger partial charge in [-0.15, -0.1) is 11.3 Å². The van der Waals surface area contributed by atoms with Gasteiger partial charge in [0, 0.05) is 30.4 Å². The normalized spacial score (nSPS) is 16.2. The van der Waals surface area contributed by atoms with Crippen LogP contribution in [0.4, 0.5) is 13.2 Å². The second-order valence-electron chi connectivity index (χ2n) is 9.04. The van der Waals surface area contributed by atoms with Gasteiger partial charge in [-0.1, -0.05) is 32.9 Å². The molecule has 0 fully saturated rings. The zero-order chi connectivity index (χ0) is 27.0. The number of nitrogens with one attached hydrogen (secondary N) is 1. The van der Waals surface area contributed by atoms with Crippen molar-refractivity contribution in [3.05, 3.63) is 69.2 Å². The van der Waals surface area contributed by atoms with Gasteiger partial charge in [0.2, 0.25) is 0 Å². The number of hydrogen-bond acceptors (Lipinski definition) is 8. The molecule has 1 aliphatic heterocycles. The Kier molecular flexibility index (Phi) is 7.67. The standard InChI is InChI=1S/C24H26F3N5O3S2/c1-4-37(34,35)17-9-28-19(29-10-17)11-30-22(33)23-31-20-18(36-23)13-32(21(20)14(2)3)12-15-5-7-16(8-6-15)24(25,26)27/h5-10,14,21H,4,11-13H2,1-3H3,(H,30,33). The Balaban J connectivity index is 1.41. The molecule has 0 spiro atoms. The lowest BCUT2D eigenvalue weighted by molar-refractivity contribution is -0.137. The maximum atomic E-state index is 12.9. The molecule has 1 atom stereocenters. The van der Waals surface area contributed by atoms with Crippen molar-refractivity contribution >= 4 is 27.1 Å². The Morgan fingerprint density at radius 1 is 1.19 bits per heavy atom. The molecule has 0 aliphatic carbocycles. The van der Waals surface area contributed by atoms with Gasteiger partial charge in [-0.05, 0) is 23.6 Å². The van der Waals surface area contributed by atoms with E-state index >= 15 is 0 Å². The van der Waals surface area contributed by atoms with Gasteiger partial charge in [0.25, 0.3) is 5.91 Å². The van der Waals surface area contributed by atoms with Gasteiger partial charge in [-0.3, -0.25) is 9.69 Å². The van der Waals surface area contributed by atoms with Crippen LogP contribution in [-0.2, 0) is 35.6 Å². The monoisotopic (exact) mass is 553 g/mol. The zero-order valence-corrected chi connectivity index (χ0v) is 22.0. The third-order valence-corrected chi connectivity index (χ3v) is 8.81. The Morgan fingerprint density at radius 3 is 2.41 bits per heavy atom. The molecule has 37 heavy (non-hydrogen) atoms. The van der Waals surface area contributed by atoms with E-state index in [0.29, 0.717) is 18.1 Å². The highest BCUT2D eigenvalue weighted by molar-refractivity contribution is 7.91. The number of benzene rings is 1. The van der Waals surface area contributed by atoms with E-state index < -0.39 is 21.6 Å². The molecule has 1 unspecified atom stereocenters. The van der Waals surface area contributed by atoms with E-state index in [4.69, 9.17) is 0 Å². The second kappa shape index (κ2) is 10.5. The second-order valence-corrected chi connectivity index (χ2v) is 12.4. The van der Waals surface area contributed by atoms with Gasteiger partial charge in [-0.2, -0.15) is 13.2 Å². The van der Waals surface area contributed by atoms with Crippen molar-refractivity contribution in [1.29, 1.82) is 0 Å². The molecule has 13 heteroatoms. The fourth-order valence-corrected chi connectivity index (χ4v) is 5.99. The molecule has 0 bridgehead atoms. The number of rotatable bonds is 8. The molecule has 0 saturated heterocycles. The van der Waals surface area contributed by atoms with Crippen molar-refractivity contribution in [1.82, 2.24) is 25.2 Å². The predicted molar refractivity (Wildman–Crippen MR) is 131 cm³/mol. The van der Waals surface area contributed by atoms with Crippen molar-refractivity contribution in [2.75, 3.05) is 5.75 Å². The minimum absolute atomic E-state index is 0.0171. The SMILES string of the molecule is CCS(=O)(=O)c1cnc(CNC(=O)c2nc3c(s2)CN(Cc2ccc(C(F)(F)F)cc2)C3C(C)C)nc1. The van der Waals surface area contributed by atoms with Crippen LogP contribution >= 0.6 is 11.3 Å². The van der Waals surface area contributed by atoms with Crippen LogP contribution < -0.4 is 5.32 Å². The summed E-state index contributed by atoms with van der Waals surface area (Å²) in [7, 11) is -3.40. The Hall–Kier alpha value is -2.90. The summed E-state index contributed by atoms with van der Waals surface area (Å²) in [5, 5.41) is 3.02. The number of alkyl halides is 3. The maximum absolute atomic E-state index is 12.9. The first-order chi connectivity index (χ1) is 17.4. The first-order valence-electron chi connectivity index (χ1n) is 11.6. The average Bonchev–Trinajstić information content (AvgIpc) is 3.40. The largest absolute Gasteiger partial charge is 0.416 e. The smallest absolute Gasteiger partial charge is 0.343 e. The molecular formula is C24H26F3N5O3S2. The molecule has 4 rings (SSSR count). The van der Waals surface area contributed by atoms with E-state index in [0.717, 1.165) is 28.3 Å². The van der Waals surface area contributed by atoms with E-state index in [2.05, 4.69) is 25.2 Å². The van der Waals surface area contributed by atoms with Crippen LogP contribution in [0.2, 0.25) is 0 Å². The van der Waals surface area contributed by atoms with E-state index in [1.165, 1.54) is 42.8 Å². The fraction of sp³-hybridized carbons (Fsp3) is 0.417. The molecular weight excluding hydrogens is 527 g/mol.